The fourth-order valence-electron chi connectivity index (χ4n) is 6.39. The molecule has 2 aromatic rings. The quantitative estimate of drug-likeness (QED) is 0.174. The number of carbonyl (C=O) groups is 4. The highest BCUT2D eigenvalue weighted by atomic mass is 16.1. The summed E-state index contributed by atoms with van der Waals surface area (Å²) in [4.78, 5) is 50.2. The van der Waals surface area contributed by atoms with Gasteiger partial charge in [-0.3, -0.25) is 19.2 Å². The molecule has 0 saturated heterocycles. The molecule has 0 saturated carbocycles. The van der Waals surface area contributed by atoms with Gasteiger partial charge in [0.25, 0.3) is 0 Å². The first-order valence-electron chi connectivity index (χ1n) is 14.6. The van der Waals surface area contributed by atoms with Crippen LogP contribution in [0.2, 0.25) is 0 Å². The standard InChI is InChI=1S/C35H44O4/c1-6-9-11-29(37)20-25-13-15-27(16-14-25)31-17-12-23(4)35-32(31)21-26(22-34(35)39)19-28(10-7-2)30(8-3)33(38)18-24(5)36/h6,12-17,26,28,30H,1,7-11,18-22H2,2-5H3. The predicted octanol–water partition coefficient (Wildman–Crippen LogP) is 7.87. The largest absolute Gasteiger partial charge is 0.300 e. The average Bonchev–Trinajstić information content (AvgIpc) is 2.88. The molecule has 0 spiro atoms. The number of rotatable bonds is 15. The molecule has 0 heterocycles. The SMILES string of the molecule is C=CCCC(=O)Cc1ccc(-c2ccc(C)c3c2CC(CC(CCC)C(CC)C(=O)CC(C)=O)CC3=O)cc1. The molecule has 39 heavy (non-hydrogen) atoms. The van der Waals surface area contributed by atoms with Crippen LogP contribution in [0.1, 0.15) is 99.2 Å². The van der Waals surface area contributed by atoms with Crippen molar-refractivity contribution in [2.75, 3.05) is 0 Å². The lowest BCUT2D eigenvalue weighted by molar-refractivity contribution is -0.130. The minimum absolute atomic E-state index is 0.00431. The molecule has 1 aliphatic rings. The van der Waals surface area contributed by atoms with E-state index in [1.54, 1.807) is 6.08 Å². The van der Waals surface area contributed by atoms with Gasteiger partial charge >= 0.3 is 0 Å². The first kappa shape index (κ1) is 30.4. The molecule has 208 valence electrons. The highest BCUT2D eigenvalue weighted by Gasteiger charge is 2.34. The Hall–Kier alpha value is -3.14. The second-order valence-corrected chi connectivity index (χ2v) is 11.4. The molecule has 2 aromatic carbocycles. The molecule has 4 nitrogen and oxygen atoms in total. The Bertz CT molecular complexity index is 1200. The number of hydrogen-bond donors (Lipinski definition) is 0. The summed E-state index contributed by atoms with van der Waals surface area (Å²) in [5, 5.41) is 0. The van der Waals surface area contributed by atoms with E-state index >= 15 is 0 Å². The highest BCUT2D eigenvalue weighted by Crippen LogP contribution is 2.40. The Balaban J connectivity index is 1.86. The summed E-state index contributed by atoms with van der Waals surface area (Å²) in [6.07, 6.45) is 8.14. The van der Waals surface area contributed by atoms with Crippen LogP contribution in [0.3, 0.4) is 0 Å². The lowest BCUT2D eigenvalue weighted by atomic mass is 9.71. The first-order chi connectivity index (χ1) is 18.7. The van der Waals surface area contributed by atoms with E-state index in [1.165, 1.54) is 6.92 Å². The van der Waals surface area contributed by atoms with E-state index in [-0.39, 0.29) is 47.3 Å². The molecule has 3 atom stereocenters. The second-order valence-electron chi connectivity index (χ2n) is 11.4. The number of aryl methyl sites for hydroxylation is 1. The maximum Gasteiger partial charge on any atom is 0.163 e. The maximum atomic E-state index is 13.5. The molecular formula is C35H44O4. The molecule has 4 heteroatoms. The van der Waals surface area contributed by atoms with Crippen LogP contribution in [-0.2, 0) is 27.2 Å². The monoisotopic (exact) mass is 528 g/mol. The molecule has 0 bridgehead atoms. The van der Waals surface area contributed by atoms with Gasteiger partial charge in [-0.05, 0) is 79.2 Å². The Morgan fingerprint density at radius 1 is 1.05 bits per heavy atom. The lowest BCUT2D eigenvalue weighted by Crippen LogP contribution is -2.30. The number of carbonyl (C=O) groups excluding carboxylic acids is 4. The van der Waals surface area contributed by atoms with Gasteiger partial charge in [0.2, 0.25) is 0 Å². The van der Waals surface area contributed by atoms with E-state index in [9.17, 15) is 19.2 Å². The van der Waals surface area contributed by atoms with Crippen LogP contribution in [0.5, 0.6) is 0 Å². The normalized spacial score (nSPS) is 16.3. The van der Waals surface area contributed by atoms with Crippen molar-refractivity contribution in [3.05, 3.63) is 71.3 Å². The molecule has 0 aromatic heterocycles. The van der Waals surface area contributed by atoms with Crippen molar-refractivity contribution in [1.29, 1.82) is 0 Å². The van der Waals surface area contributed by atoms with Crippen molar-refractivity contribution >= 4 is 23.1 Å². The minimum atomic E-state index is -0.135. The van der Waals surface area contributed by atoms with Crippen molar-refractivity contribution < 1.29 is 19.2 Å². The van der Waals surface area contributed by atoms with Crippen LogP contribution in [0.15, 0.2) is 49.1 Å². The topological polar surface area (TPSA) is 68.3 Å². The zero-order valence-corrected chi connectivity index (χ0v) is 24.2. The maximum absolute atomic E-state index is 13.5. The predicted molar refractivity (Wildman–Crippen MR) is 158 cm³/mol. The Morgan fingerprint density at radius 3 is 2.38 bits per heavy atom. The van der Waals surface area contributed by atoms with Crippen molar-refractivity contribution in [3.8, 4) is 11.1 Å². The van der Waals surface area contributed by atoms with Gasteiger partial charge in [-0.2, -0.15) is 0 Å². The van der Waals surface area contributed by atoms with Crippen molar-refractivity contribution in [2.45, 2.75) is 91.9 Å². The third kappa shape index (κ3) is 7.94. The van der Waals surface area contributed by atoms with E-state index < -0.39 is 0 Å². The van der Waals surface area contributed by atoms with Crippen molar-refractivity contribution in [2.24, 2.45) is 17.8 Å². The van der Waals surface area contributed by atoms with Gasteiger partial charge in [-0.25, -0.2) is 0 Å². The fraction of sp³-hybridized carbons (Fsp3) is 0.486. The summed E-state index contributed by atoms with van der Waals surface area (Å²) in [6.45, 7) is 11.3. The average molecular weight is 529 g/mol. The van der Waals surface area contributed by atoms with Crippen molar-refractivity contribution in [1.82, 2.24) is 0 Å². The number of benzene rings is 2. The van der Waals surface area contributed by atoms with Gasteiger partial charge in [-0.1, -0.05) is 69.2 Å². The molecule has 0 aliphatic heterocycles. The summed E-state index contributed by atoms with van der Waals surface area (Å²) in [7, 11) is 0. The van der Waals surface area contributed by atoms with Gasteiger partial charge in [0.05, 0.1) is 6.42 Å². The van der Waals surface area contributed by atoms with Crippen LogP contribution < -0.4 is 0 Å². The van der Waals surface area contributed by atoms with E-state index in [0.717, 1.165) is 65.5 Å². The molecule has 0 amide bonds. The zero-order chi connectivity index (χ0) is 28.5. The van der Waals surface area contributed by atoms with Crippen LogP contribution in [0.25, 0.3) is 11.1 Å². The Labute approximate surface area is 234 Å². The van der Waals surface area contributed by atoms with Gasteiger partial charge in [-0.15, -0.1) is 6.58 Å². The van der Waals surface area contributed by atoms with Gasteiger partial charge in [0.1, 0.15) is 17.3 Å². The smallest absolute Gasteiger partial charge is 0.163 e. The molecule has 0 N–H and O–H groups in total. The third-order valence-electron chi connectivity index (χ3n) is 8.20. The summed E-state index contributed by atoms with van der Waals surface area (Å²) in [6, 6.07) is 12.3. The van der Waals surface area contributed by atoms with Gasteiger partial charge < -0.3 is 0 Å². The lowest BCUT2D eigenvalue weighted by Gasteiger charge is -2.32. The number of fused-ring (bicyclic) bond motifs is 1. The first-order valence-corrected chi connectivity index (χ1v) is 14.6. The summed E-state index contributed by atoms with van der Waals surface area (Å²) in [5.74, 6) is 0.568. The van der Waals surface area contributed by atoms with Crippen LogP contribution in [0.4, 0.5) is 0 Å². The van der Waals surface area contributed by atoms with Crippen LogP contribution >= 0.6 is 0 Å². The Morgan fingerprint density at radius 2 is 1.77 bits per heavy atom. The molecule has 0 fully saturated rings. The molecular weight excluding hydrogens is 484 g/mol. The number of Topliss-reactive ketones (excluding diaryl/α,β-unsaturated/α-hetero) is 4. The third-order valence-corrected chi connectivity index (χ3v) is 8.20. The van der Waals surface area contributed by atoms with E-state index in [2.05, 4.69) is 31.7 Å². The van der Waals surface area contributed by atoms with E-state index in [0.29, 0.717) is 25.7 Å². The fourth-order valence-corrected chi connectivity index (χ4v) is 6.39. The molecule has 0 radical (unpaired) electrons. The summed E-state index contributed by atoms with van der Waals surface area (Å²) < 4.78 is 0. The van der Waals surface area contributed by atoms with E-state index in [4.69, 9.17) is 0 Å². The highest BCUT2D eigenvalue weighted by molar-refractivity contribution is 6.02. The Kier molecular flexibility index (Phi) is 11.2. The van der Waals surface area contributed by atoms with Crippen LogP contribution in [0, 0.1) is 24.7 Å². The zero-order valence-electron chi connectivity index (χ0n) is 24.2. The molecule has 3 rings (SSSR count). The van der Waals surface area contributed by atoms with Gasteiger partial charge in [0, 0.05) is 30.7 Å². The van der Waals surface area contributed by atoms with Gasteiger partial charge in [0.15, 0.2) is 5.78 Å². The second kappa shape index (κ2) is 14.3. The number of hydrogen-bond acceptors (Lipinski definition) is 4. The minimum Gasteiger partial charge on any atom is -0.300 e. The van der Waals surface area contributed by atoms with E-state index in [1.807, 2.05) is 32.0 Å². The number of allylic oxidation sites excluding steroid dienone is 1. The summed E-state index contributed by atoms with van der Waals surface area (Å²) in [5.41, 5.74) is 6.07. The molecule has 3 unspecified atom stereocenters. The molecule has 1 aliphatic carbocycles. The van der Waals surface area contributed by atoms with Crippen LogP contribution in [-0.4, -0.2) is 23.1 Å². The summed E-state index contributed by atoms with van der Waals surface area (Å²) >= 11 is 0. The number of ketones is 4. The van der Waals surface area contributed by atoms with Crippen molar-refractivity contribution in [3.63, 3.8) is 0 Å².